The summed E-state index contributed by atoms with van der Waals surface area (Å²) in [6.45, 7) is 9.37. The second-order valence-electron chi connectivity index (χ2n) is 5.02. The van der Waals surface area contributed by atoms with Crippen molar-refractivity contribution in [2.75, 3.05) is 13.2 Å². The van der Waals surface area contributed by atoms with Crippen LogP contribution in [0.4, 0.5) is 0 Å². The van der Waals surface area contributed by atoms with Crippen molar-refractivity contribution in [3.8, 4) is 0 Å². The Balaban J connectivity index is 4.04. The van der Waals surface area contributed by atoms with E-state index in [-0.39, 0.29) is 24.7 Å². The van der Waals surface area contributed by atoms with Gasteiger partial charge in [-0.15, -0.1) is 0 Å². The first-order valence-electron chi connectivity index (χ1n) is 5.28. The summed E-state index contributed by atoms with van der Waals surface area (Å²) in [6.07, 6.45) is 0.685. The molecule has 15 heavy (non-hydrogen) atoms. The average Bonchev–Trinajstić information content (AvgIpc) is 2.13. The van der Waals surface area contributed by atoms with Crippen LogP contribution < -0.4 is 5.32 Å². The Morgan fingerprint density at radius 3 is 2.20 bits per heavy atom. The third kappa shape index (κ3) is 6.47. The average molecular weight is 217 g/mol. The maximum absolute atomic E-state index is 11.5. The van der Waals surface area contributed by atoms with Gasteiger partial charge in [0.2, 0.25) is 5.91 Å². The summed E-state index contributed by atoms with van der Waals surface area (Å²) in [7, 11) is 0. The zero-order chi connectivity index (χ0) is 12.1. The molecule has 2 N–H and O–H groups in total. The fourth-order valence-corrected chi connectivity index (χ4v) is 0.894. The minimum atomic E-state index is -0.543. The van der Waals surface area contributed by atoms with E-state index in [0.717, 1.165) is 0 Å². The molecule has 0 rings (SSSR count). The molecule has 0 saturated heterocycles. The van der Waals surface area contributed by atoms with Gasteiger partial charge < -0.3 is 15.2 Å². The summed E-state index contributed by atoms with van der Waals surface area (Å²) in [4.78, 5) is 11.5. The summed E-state index contributed by atoms with van der Waals surface area (Å²) >= 11 is 0. The molecule has 0 aliphatic carbocycles. The molecule has 0 aromatic heterocycles. The van der Waals surface area contributed by atoms with Crippen molar-refractivity contribution in [2.45, 2.75) is 52.2 Å². The largest absolute Gasteiger partial charge is 0.394 e. The van der Waals surface area contributed by atoms with Gasteiger partial charge in [-0.05, 0) is 34.1 Å². The van der Waals surface area contributed by atoms with E-state index < -0.39 is 5.54 Å². The van der Waals surface area contributed by atoms with Crippen LogP contribution in [0.3, 0.4) is 0 Å². The molecule has 4 heteroatoms. The van der Waals surface area contributed by atoms with Crippen LogP contribution in [0.5, 0.6) is 0 Å². The summed E-state index contributed by atoms with van der Waals surface area (Å²) < 4.78 is 5.33. The molecule has 0 saturated carbocycles. The van der Waals surface area contributed by atoms with E-state index >= 15 is 0 Å². The maximum atomic E-state index is 11.5. The smallest absolute Gasteiger partial charge is 0.246 e. The number of aliphatic hydroxyl groups is 1. The summed E-state index contributed by atoms with van der Waals surface area (Å²) in [6, 6.07) is 0. The molecule has 0 aromatic rings. The third-order valence-electron chi connectivity index (χ3n) is 2.21. The molecule has 1 unspecified atom stereocenters. The maximum Gasteiger partial charge on any atom is 0.246 e. The molecule has 0 fully saturated rings. The van der Waals surface area contributed by atoms with E-state index in [4.69, 9.17) is 9.84 Å². The lowest BCUT2D eigenvalue weighted by Crippen LogP contribution is -2.50. The van der Waals surface area contributed by atoms with Crippen LogP contribution in [0, 0.1) is 0 Å². The Labute approximate surface area is 92.0 Å². The molecule has 0 aliphatic rings. The van der Waals surface area contributed by atoms with Gasteiger partial charge in [-0.3, -0.25) is 4.79 Å². The molecule has 0 aromatic carbocycles. The van der Waals surface area contributed by atoms with Crippen molar-refractivity contribution >= 4 is 5.91 Å². The molecule has 1 amide bonds. The second-order valence-corrected chi connectivity index (χ2v) is 5.02. The Morgan fingerprint density at radius 1 is 1.33 bits per heavy atom. The number of carbonyl (C=O) groups excluding carboxylic acids is 1. The number of ether oxygens (including phenoxy) is 1. The molecular formula is C11H23NO3. The molecule has 90 valence electrons. The van der Waals surface area contributed by atoms with Crippen LogP contribution in [0.1, 0.15) is 41.0 Å². The Hall–Kier alpha value is -0.610. The number of amides is 1. The van der Waals surface area contributed by atoms with Gasteiger partial charge in [-0.25, -0.2) is 0 Å². The first kappa shape index (κ1) is 14.4. The zero-order valence-corrected chi connectivity index (χ0v) is 10.4. The fourth-order valence-electron chi connectivity index (χ4n) is 0.894. The standard InChI is InChI=1S/C11H23NO3/c1-6-11(5,8-13)12-9(14)7-15-10(2,3)4/h13H,6-8H2,1-5H3,(H,12,14). The highest BCUT2D eigenvalue weighted by Gasteiger charge is 2.23. The van der Waals surface area contributed by atoms with Crippen molar-refractivity contribution in [1.82, 2.24) is 5.32 Å². The topological polar surface area (TPSA) is 58.6 Å². The quantitative estimate of drug-likeness (QED) is 0.724. The molecule has 0 bridgehead atoms. The highest BCUT2D eigenvalue weighted by molar-refractivity contribution is 5.78. The van der Waals surface area contributed by atoms with E-state index in [1.807, 2.05) is 34.6 Å². The van der Waals surface area contributed by atoms with E-state index in [0.29, 0.717) is 6.42 Å². The molecular weight excluding hydrogens is 194 g/mol. The predicted octanol–water partition coefficient (Wildman–Crippen LogP) is 1.08. The number of hydrogen-bond acceptors (Lipinski definition) is 3. The van der Waals surface area contributed by atoms with Crippen LogP contribution in [-0.2, 0) is 9.53 Å². The number of rotatable bonds is 5. The van der Waals surface area contributed by atoms with Gasteiger partial charge in [-0.1, -0.05) is 6.92 Å². The van der Waals surface area contributed by atoms with Gasteiger partial charge in [0, 0.05) is 0 Å². The van der Waals surface area contributed by atoms with Crippen LogP contribution >= 0.6 is 0 Å². The van der Waals surface area contributed by atoms with E-state index in [1.54, 1.807) is 0 Å². The first-order chi connectivity index (χ1) is 6.72. The summed E-state index contributed by atoms with van der Waals surface area (Å²) in [5.41, 5.74) is -0.864. The van der Waals surface area contributed by atoms with Crippen molar-refractivity contribution in [2.24, 2.45) is 0 Å². The molecule has 4 nitrogen and oxygen atoms in total. The Morgan fingerprint density at radius 2 is 1.87 bits per heavy atom. The number of hydrogen-bond donors (Lipinski definition) is 2. The van der Waals surface area contributed by atoms with Gasteiger partial charge in [0.05, 0.1) is 17.7 Å². The third-order valence-corrected chi connectivity index (χ3v) is 2.21. The SMILES string of the molecule is CCC(C)(CO)NC(=O)COC(C)(C)C. The fraction of sp³-hybridized carbons (Fsp3) is 0.909. The summed E-state index contributed by atoms with van der Waals surface area (Å²) in [5, 5.41) is 11.9. The zero-order valence-electron chi connectivity index (χ0n) is 10.4. The van der Waals surface area contributed by atoms with Crippen LogP contribution in [0.2, 0.25) is 0 Å². The van der Waals surface area contributed by atoms with Gasteiger partial charge in [0.1, 0.15) is 6.61 Å². The van der Waals surface area contributed by atoms with Crippen LogP contribution in [0.15, 0.2) is 0 Å². The number of carbonyl (C=O) groups is 1. The van der Waals surface area contributed by atoms with Gasteiger partial charge in [0.15, 0.2) is 0 Å². The van der Waals surface area contributed by atoms with E-state index in [1.165, 1.54) is 0 Å². The second kappa shape index (κ2) is 5.47. The molecule has 0 spiro atoms. The highest BCUT2D eigenvalue weighted by Crippen LogP contribution is 2.09. The number of aliphatic hydroxyl groups excluding tert-OH is 1. The highest BCUT2D eigenvalue weighted by atomic mass is 16.5. The molecule has 1 atom stereocenters. The molecule has 0 aliphatic heterocycles. The van der Waals surface area contributed by atoms with Crippen molar-refractivity contribution in [3.63, 3.8) is 0 Å². The van der Waals surface area contributed by atoms with Crippen molar-refractivity contribution < 1.29 is 14.6 Å². The lowest BCUT2D eigenvalue weighted by molar-refractivity contribution is -0.132. The minimum absolute atomic E-state index is 0.0269. The van der Waals surface area contributed by atoms with Gasteiger partial charge >= 0.3 is 0 Å². The van der Waals surface area contributed by atoms with E-state index in [2.05, 4.69) is 5.32 Å². The molecule has 0 heterocycles. The summed E-state index contributed by atoms with van der Waals surface area (Å²) in [5.74, 6) is -0.191. The predicted molar refractivity (Wildman–Crippen MR) is 59.6 cm³/mol. The van der Waals surface area contributed by atoms with Gasteiger partial charge in [0.25, 0.3) is 0 Å². The monoisotopic (exact) mass is 217 g/mol. The first-order valence-corrected chi connectivity index (χ1v) is 5.28. The lowest BCUT2D eigenvalue weighted by Gasteiger charge is -2.28. The van der Waals surface area contributed by atoms with E-state index in [9.17, 15) is 4.79 Å². The van der Waals surface area contributed by atoms with Crippen molar-refractivity contribution in [1.29, 1.82) is 0 Å². The lowest BCUT2D eigenvalue weighted by atomic mass is 10.0. The minimum Gasteiger partial charge on any atom is -0.394 e. The normalized spacial score (nSPS) is 15.9. The van der Waals surface area contributed by atoms with Gasteiger partial charge in [-0.2, -0.15) is 0 Å². The van der Waals surface area contributed by atoms with Crippen LogP contribution in [0.25, 0.3) is 0 Å². The Bertz CT molecular complexity index is 204. The van der Waals surface area contributed by atoms with Crippen molar-refractivity contribution in [3.05, 3.63) is 0 Å². The Kier molecular flexibility index (Phi) is 5.24. The van der Waals surface area contributed by atoms with Crippen LogP contribution in [-0.4, -0.2) is 35.4 Å². The molecule has 0 radical (unpaired) electrons. The number of nitrogens with one attached hydrogen (secondary N) is 1.